The van der Waals surface area contributed by atoms with Gasteiger partial charge in [0.2, 0.25) is 11.8 Å². The van der Waals surface area contributed by atoms with Crippen LogP contribution in [0.3, 0.4) is 0 Å². The van der Waals surface area contributed by atoms with Gasteiger partial charge in [-0.2, -0.15) is 0 Å². The van der Waals surface area contributed by atoms with Crippen LogP contribution in [0.1, 0.15) is 23.2 Å². The number of rotatable bonds is 4. The summed E-state index contributed by atoms with van der Waals surface area (Å²) >= 11 is 0. The molecule has 118 valence electrons. The molecule has 6 heteroatoms. The highest BCUT2D eigenvalue weighted by Crippen LogP contribution is 2.23. The fourth-order valence-corrected chi connectivity index (χ4v) is 2.57. The van der Waals surface area contributed by atoms with E-state index < -0.39 is 0 Å². The molecule has 1 aliphatic heterocycles. The van der Waals surface area contributed by atoms with Crippen molar-refractivity contribution in [1.82, 2.24) is 4.98 Å². The second kappa shape index (κ2) is 6.48. The number of carbonyl (C=O) groups excluding carboxylic acids is 2. The molecule has 0 radical (unpaired) electrons. The summed E-state index contributed by atoms with van der Waals surface area (Å²) in [6, 6.07) is 10.6. The Labute approximate surface area is 134 Å². The number of amides is 2. The third-order valence-corrected chi connectivity index (χ3v) is 3.72. The number of anilines is 2. The minimum atomic E-state index is -0.292. The van der Waals surface area contributed by atoms with Crippen LogP contribution in [0, 0.1) is 0 Å². The van der Waals surface area contributed by atoms with Gasteiger partial charge in [0.15, 0.2) is 0 Å². The van der Waals surface area contributed by atoms with E-state index in [4.69, 9.17) is 4.74 Å². The van der Waals surface area contributed by atoms with Gasteiger partial charge in [0, 0.05) is 30.5 Å². The Kier molecular flexibility index (Phi) is 4.23. The van der Waals surface area contributed by atoms with Gasteiger partial charge in [-0.25, -0.2) is 4.98 Å². The Morgan fingerprint density at radius 1 is 1.26 bits per heavy atom. The molecular formula is C17H17N3O3. The Bertz CT molecular complexity index is 728. The van der Waals surface area contributed by atoms with Crippen molar-refractivity contribution in [3.63, 3.8) is 0 Å². The van der Waals surface area contributed by atoms with E-state index in [1.807, 2.05) is 12.1 Å². The lowest BCUT2D eigenvalue weighted by Crippen LogP contribution is -2.23. The van der Waals surface area contributed by atoms with Gasteiger partial charge in [0.25, 0.3) is 5.91 Å². The van der Waals surface area contributed by atoms with E-state index >= 15 is 0 Å². The van der Waals surface area contributed by atoms with E-state index in [2.05, 4.69) is 10.3 Å². The summed E-state index contributed by atoms with van der Waals surface area (Å²) in [6.45, 7) is 0.747. The number of carbonyl (C=O) groups is 2. The fraction of sp³-hybridized carbons (Fsp3) is 0.235. The molecule has 1 saturated heterocycles. The van der Waals surface area contributed by atoms with E-state index in [1.54, 1.807) is 35.4 Å². The highest BCUT2D eigenvalue weighted by molar-refractivity contribution is 6.06. The molecule has 2 aromatic rings. The van der Waals surface area contributed by atoms with E-state index in [0.717, 1.165) is 18.7 Å². The van der Waals surface area contributed by atoms with E-state index in [1.165, 1.54) is 7.11 Å². The van der Waals surface area contributed by atoms with Crippen molar-refractivity contribution in [3.05, 3.63) is 48.2 Å². The van der Waals surface area contributed by atoms with Gasteiger partial charge in [-0.15, -0.1) is 0 Å². The molecule has 1 N–H and O–H groups in total. The minimum absolute atomic E-state index is 0.141. The first kappa shape index (κ1) is 15.0. The zero-order chi connectivity index (χ0) is 16.2. The summed E-state index contributed by atoms with van der Waals surface area (Å²) in [6.07, 6.45) is 3.05. The predicted molar refractivity (Wildman–Crippen MR) is 86.8 cm³/mol. The molecule has 0 saturated carbocycles. The number of aromatic nitrogens is 1. The van der Waals surface area contributed by atoms with Gasteiger partial charge in [-0.3, -0.25) is 9.59 Å². The Morgan fingerprint density at radius 3 is 2.70 bits per heavy atom. The summed E-state index contributed by atoms with van der Waals surface area (Å²) in [5, 5.41) is 2.80. The van der Waals surface area contributed by atoms with Crippen molar-refractivity contribution < 1.29 is 14.3 Å². The van der Waals surface area contributed by atoms with Crippen molar-refractivity contribution in [1.29, 1.82) is 0 Å². The number of nitrogens with one attached hydrogen (secondary N) is 1. The molecule has 3 rings (SSSR count). The number of methoxy groups -OCH3 is 1. The summed E-state index contributed by atoms with van der Waals surface area (Å²) in [4.78, 5) is 29.8. The number of pyridine rings is 1. The van der Waals surface area contributed by atoms with Crippen LogP contribution in [0.2, 0.25) is 0 Å². The Morgan fingerprint density at radius 2 is 2.04 bits per heavy atom. The molecular weight excluding hydrogens is 294 g/mol. The first-order chi connectivity index (χ1) is 11.2. The van der Waals surface area contributed by atoms with Gasteiger partial charge in [0.1, 0.15) is 5.56 Å². The lowest BCUT2D eigenvalue weighted by atomic mass is 10.2. The summed E-state index contributed by atoms with van der Waals surface area (Å²) in [5.74, 6) is 0.131. The Balaban J connectivity index is 1.73. The van der Waals surface area contributed by atoms with E-state index in [9.17, 15) is 9.59 Å². The Hall–Kier alpha value is -2.89. The maximum Gasteiger partial charge on any atom is 0.261 e. The van der Waals surface area contributed by atoms with Crippen molar-refractivity contribution >= 4 is 23.2 Å². The van der Waals surface area contributed by atoms with Gasteiger partial charge < -0.3 is 15.0 Å². The first-order valence-corrected chi connectivity index (χ1v) is 7.40. The summed E-state index contributed by atoms with van der Waals surface area (Å²) < 4.78 is 5.09. The number of nitrogens with zero attached hydrogens (tertiary/aromatic N) is 2. The zero-order valence-electron chi connectivity index (χ0n) is 12.8. The predicted octanol–water partition coefficient (Wildman–Crippen LogP) is 2.47. The maximum absolute atomic E-state index is 12.3. The van der Waals surface area contributed by atoms with Gasteiger partial charge >= 0.3 is 0 Å². The van der Waals surface area contributed by atoms with Crippen LogP contribution in [0.25, 0.3) is 0 Å². The topological polar surface area (TPSA) is 71.5 Å². The van der Waals surface area contributed by atoms with Gasteiger partial charge in [0.05, 0.1) is 7.11 Å². The van der Waals surface area contributed by atoms with Crippen LogP contribution >= 0.6 is 0 Å². The molecule has 0 unspecified atom stereocenters. The van der Waals surface area contributed by atoms with Crippen LogP contribution in [0.4, 0.5) is 11.4 Å². The van der Waals surface area contributed by atoms with Crippen LogP contribution < -0.4 is 15.0 Å². The largest absolute Gasteiger partial charge is 0.480 e. The average Bonchev–Trinajstić information content (AvgIpc) is 3.01. The molecule has 23 heavy (non-hydrogen) atoms. The molecule has 1 fully saturated rings. The molecule has 2 amide bonds. The lowest BCUT2D eigenvalue weighted by Gasteiger charge is -2.16. The normalized spacial score (nSPS) is 14.0. The van der Waals surface area contributed by atoms with E-state index in [0.29, 0.717) is 17.7 Å². The highest BCUT2D eigenvalue weighted by atomic mass is 16.5. The fourth-order valence-electron chi connectivity index (χ4n) is 2.57. The molecule has 6 nitrogen and oxygen atoms in total. The second-order valence-corrected chi connectivity index (χ2v) is 5.21. The van der Waals surface area contributed by atoms with Crippen LogP contribution in [-0.4, -0.2) is 30.5 Å². The van der Waals surface area contributed by atoms with Crippen LogP contribution in [0.5, 0.6) is 5.88 Å². The summed E-state index contributed by atoms with van der Waals surface area (Å²) in [7, 11) is 1.47. The number of hydrogen-bond acceptors (Lipinski definition) is 4. The van der Waals surface area contributed by atoms with E-state index in [-0.39, 0.29) is 17.7 Å². The lowest BCUT2D eigenvalue weighted by molar-refractivity contribution is -0.117. The maximum atomic E-state index is 12.3. The molecule has 0 aliphatic carbocycles. The van der Waals surface area contributed by atoms with Crippen molar-refractivity contribution in [2.75, 3.05) is 23.9 Å². The smallest absolute Gasteiger partial charge is 0.261 e. The molecule has 0 bridgehead atoms. The van der Waals surface area contributed by atoms with Crippen molar-refractivity contribution in [2.45, 2.75) is 12.8 Å². The second-order valence-electron chi connectivity index (χ2n) is 5.21. The zero-order valence-corrected chi connectivity index (χ0v) is 12.8. The number of ether oxygens (including phenoxy) is 1. The molecule has 1 aromatic heterocycles. The quantitative estimate of drug-likeness (QED) is 0.941. The molecule has 1 aliphatic rings. The van der Waals surface area contributed by atoms with Crippen molar-refractivity contribution in [2.24, 2.45) is 0 Å². The third kappa shape index (κ3) is 3.15. The van der Waals surface area contributed by atoms with Crippen molar-refractivity contribution in [3.8, 4) is 5.88 Å². The number of hydrogen-bond donors (Lipinski definition) is 1. The molecule has 0 spiro atoms. The van der Waals surface area contributed by atoms with Crippen LogP contribution in [-0.2, 0) is 4.79 Å². The monoisotopic (exact) mass is 311 g/mol. The van der Waals surface area contributed by atoms with Crippen LogP contribution in [0.15, 0.2) is 42.6 Å². The SMILES string of the molecule is COc1ncccc1C(=O)Nc1ccc(N2CCCC2=O)cc1. The van der Waals surface area contributed by atoms with Gasteiger partial charge in [-0.1, -0.05) is 0 Å². The number of benzene rings is 1. The summed E-state index contributed by atoms with van der Waals surface area (Å²) in [5.41, 5.74) is 1.87. The van der Waals surface area contributed by atoms with Gasteiger partial charge in [-0.05, 0) is 42.8 Å². The molecule has 2 heterocycles. The average molecular weight is 311 g/mol. The molecule has 0 atom stereocenters. The minimum Gasteiger partial charge on any atom is -0.480 e. The molecule has 1 aromatic carbocycles. The standard InChI is InChI=1S/C17H17N3O3/c1-23-17-14(4-2-10-18-17)16(22)19-12-6-8-13(9-7-12)20-11-3-5-15(20)21/h2,4,6-10H,3,5,11H2,1H3,(H,19,22). The first-order valence-electron chi connectivity index (χ1n) is 7.40. The third-order valence-electron chi connectivity index (χ3n) is 3.72. The highest BCUT2D eigenvalue weighted by Gasteiger charge is 2.21.